The van der Waals surface area contributed by atoms with E-state index < -0.39 is 17.5 Å². The van der Waals surface area contributed by atoms with E-state index in [4.69, 9.17) is 4.74 Å². The van der Waals surface area contributed by atoms with Crippen molar-refractivity contribution in [1.82, 2.24) is 0 Å². The van der Waals surface area contributed by atoms with E-state index in [0.29, 0.717) is 11.4 Å². The lowest BCUT2D eigenvalue weighted by molar-refractivity contribution is 0.0992. The minimum absolute atomic E-state index is 0.0854. The number of methoxy groups -OCH3 is 1. The molecule has 0 aliphatic carbocycles. The normalized spacial score (nSPS) is 10.2. The maximum absolute atomic E-state index is 13.1. The molecule has 3 nitrogen and oxygen atoms in total. The Morgan fingerprint density at radius 1 is 1.05 bits per heavy atom. The molecule has 0 radical (unpaired) electrons. The van der Waals surface area contributed by atoms with Crippen molar-refractivity contribution in [2.45, 2.75) is 0 Å². The van der Waals surface area contributed by atoms with Crippen molar-refractivity contribution >= 4 is 11.6 Å². The Morgan fingerprint density at radius 3 is 2.25 bits per heavy atom. The van der Waals surface area contributed by atoms with Crippen LogP contribution in [-0.2, 0) is 0 Å². The molecule has 0 atom stereocenters. The van der Waals surface area contributed by atoms with E-state index >= 15 is 0 Å². The fourth-order valence-corrected chi connectivity index (χ4v) is 1.75. The predicted octanol–water partition coefficient (Wildman–Crippen LogP) is 3.25. The van der Waals surface area contributed by atoms with Crippen LogP contribution in [0.2, 0.25) is 0 Å². The average Bonchev–Trinajstić information content (AvgIpc) is 2.48. The highest BCUT2D eigenvalue weighted by Crippen LogP contribution is 2.20. The van der Waals surface area contributed by atoms with Crippen LogP contribution in [0.15, 0.2) is 42.5 Å². The lowest BCUT2D eigenvalue weighted by atomic mass is 10.1. The molecule has 0 aromatic heterocycles. The van der Waals surface area contributed by atoms with Gasteiger partial charge in [-0.15, -0.1) is 0 Å². The second kappa shape index (κ2) is 5.69. The van der Waals surface area contributed by atoms with Crippen LogP contribution in [0.4, 0.5) is 14.5 Å². The molecule has 1 amide bonds. The quantitative estimate of drug-likeness (QED) is 0.862. The van der Waals surface area contributed by atoms with Crippen LogP contribution in [-0.4, -0.2) is 20.1 Å². The molecule has 2 rings (SSSR count). The average molecular weight is 277 g/mol. The van der Waals surface area contributed by atoms with E-state index in [1.165, 1.54) is 11.0 Å². The van der Waals surface area contributed by atoms with Crippen molar-refractivity contribution in [3.8, 4) is 5.75 Å². The zero-order valence-corrected chi connectivity index (χ0v) is 11.1. The summed E-state index contributed by atoms with van der Waals surface area (Å²) in [6.07, 6.45) is 0. The van der Waals surface area contributed by atoms with Crippen LogP contribution in [0, 0.1) is 11.6 Å². The summed E-state index contributed by atoms with van der Waals surface area (Å²) in [6, 6.07) is 9.91. The van der Waals surface area contributed by atoms with Crippen molar-refractivity contribution in [1.29, 1.82) is 0 Å². The van der Waals surface area contributed by atoms with E-state index in [-0.39, 0.29) is 5.56 Å². The Morgan fingerprint density at radius 2 is 1.70 bits per heavy atom. The number of amides is 1. The molecule has 0 spiro atoms. The molecule has 0 unspecified atom stereocenters. The molecule has 20 heavy (non-hydrogen) atoms. The fourth-order valence-electron chi connectivity index (χ4n) is 1.75. The summed E-state index contributed by atoms with van der Waals surface area (Å²) in [5.41, 5.74) is 0.711. The maximum Gasteiger partial charge on any atom is 0.258 e. The molecule has 0 heterocycles. The highest BCUT2D eigenvalue weighted by Gasteiger charge is 2.15. The molecule has 2 aromatic rings. The number of nitrogens with zero attached hydrogens (tertiary/aromatic N) is 1. The Hall–Kier alpha value is -2.43. The predicted molar refractivity (Wildman–Crippen MR) is 72.1 cm³/mol. The third-order valence-corrected chi connectivity index (χ3v) is 2.93. The molecule has 0 saturated carbocycles. The van der Waals surface area contributed by atoms with Gasteiger partial charge in [-0.1, -0.05) is 0 Å². The number of ether oxygens (including phenoxy) is 1. The van der Waals surface area contributed by atoms with Crippen LogP contribution < -0.4 is 9.64 Å². The molecule has 0 bridgehead atoms. The molecule has 0 aliphatic rings. The Bertz CT molecular complexity index is 626. The number of carbonyl (C=O) groups excluding carboxylic acids is 1. The highest BCUT2D eigenvalue weighted by molar-refractivity contribution is 6.05. The third-order valence-electron chi connectivity index (χ3n) is 2.93. The van der Waals surface area contributed by atoms with Gasteiger partial charge in [0.2, 0.25) is 0 Å². The molecular formula is C15H13F2NO2. The summed E-state index contributed by atoms with van der Waals surface area (Å²) in [5.74, 6) is -1.77. The molecule has 0 N–H and O–H groups in total. The molecule has 0 aliphatic heterocycles. The first-order valence-electron chi connectivity index (χ1n) is 5.90. The highest BCUT2D eigenvalue weighted by atomic mass is 19.2. The lowest BCUT2D eigenvalue weighted by Crippen LogP contribution is -2.26. The molecule has 0 saturated heterocycles. The maximum atomic E-state index is 13.1. The first-order valence-corrected chi connectivity index (χ1v) is 5.90. The van der Waals surface area contributed by atoms with Crippen LogP contribution in [0.25, 0.3) is 0 Å². The standard InChI is InChI=1S/C15H13F2NO2/c1-18(11-4-6-12(20-2)7-5-11)15(19)10-3-8-13(16)14(17)9-10/h3-9H,1-2H3. The number of anilines is 1. The van der Waals surface area contributed by atoms with Crippen molar-refractivity contribution < 1.29 is 18.3 Å². The first-order chi connectivity index (χ1) is 9.52. The first kappa shape index (κ1) is 14.0. The summed E-state index contributed by atoms with van der Waals surface area (Å²) in [4.78, 5) is 13.5. The number of hydrogen-bond donors (Lipinski definition) is 0. The zero-order valence-electron chi connectivity index (χ0n) is 11.1. The molecule has 5 heteroatoms. The van der Waals surface area contributed by atoms with Gasteiger partial charge in [0, 0.05) is 18.3 Å². The van der Waals surface area contributed by atoms with Crippen LogP contribution >= 0.6 is 0 Å². The van der Waals surface area contributed by atoms with Crippen molar-refractivity contribution in [3.63, 3.8) is 0 Å². The SMILES string of the molecule is COc1ccc(N(C)C(=O)c2ccc(F)c(F)c2)cc1. The Labute approximate surface area is 115 Å². The van der Waals surface area contributed by atoms with Crippen molar-refractivity contribution in [3.05, 3.63) is 59.7 Å². The Kier molecular flexibility index (Phi) is 3.98. The lowest BCUT2D eigenvalue weighted by Gasteiger charge is -2.17. The van der Waals surface area contributed by atoms with Gasteiger partial charge in [-0.05, 0) is 42.5 Å². The molecule has 0 fully saturated rings. The number of hydrogen-bond acceptors (Lipinski definition) is 2. The topological polar surface area (TPSA) is 29.5 Å². The van der Waals surface area contributed by atoms with Gasteiger partial charge in [-0.2, -0.15) is 0 Å². The van der Waals surface area contributed by atoms with E-state index in [1.54, 1.807) is 38.4 Å². The number of benzene rings is 2. The summed E-state index contributed by atoms with van der Waals surface area (Å²) in [6.45, 7) is 0. The van der Waals surface area contributed by atoms with Gasteiger partial charge in [0.1, 0.15) is 5.75 Å². The number of halogens is 2. The molecule has 2 aromatic carbocycles. The molecular weight excluding hydrogens is 264 g/mol. The Balaban J connectivity index is 2.24. The number of rotatable bonds is 3. The van der Waals surface area contributed by atoms with Crippen molar-refractivity contribution in [2.24, 2.45) is 0 Å². The van der Waals surface area contributed by atoms with Gasteiger partial charge in [-0.25, -0.2) is 8.78 Å². The van der Waals surface area contributed by atoms with Gasteiger partial charge in [0.15, 0.2) is 11.6 Å². The van der Waals surface area contributed by atoms with E-state index in [2.05, 4.69) is 0 Å². The van der Waals surface area contributed by atoms with Crippen molar-refractivity contribution in [2.75, 3.05) is 19.1 Å². The summed E-state index contributed by atoms with van der Waals surface area (Å²) >= 11 is 0. The van der Waals surface area contributed by atoms with Crippen LogP contribution in [0.3, 0.4) is 0 Å². The van der Waals surface area contributed by atoms with Gasteiger partial charge >= 0.3 is 0 Å². The van der Waals surface area contributed by atoms with Gasteiger partial charge in [0.25, 0.3) is 5.91 Å². The zero-order chi connectivity index (χ0) is 14.7. The van der Waals surface area contributed by atoms with E-state index in [1.807, 2.05) is 0 Å². The number of carbonyl (C=O) groups is 1. The summed E-state index contributed by atoms with van der Waals surface area (Å²) < 4.78 is 31.0. The summed E-state index contributed by atoms with van der Waals surface area (Å²) in [7, 11) is 3.11. The third kappa shape index (κ3) is 2.77. The van der Waals surface area contributed by atoms with Crippen LogP contribution in [0.5, 0.6) is 5.75 Å². The minimum Gasteiger partial charge on any atom is -0.497 e. The monoisotopic (exact) mass is 277 g/mol. The van der Waals surface area contributed by atoms with E-state index in [0.717, 1.165) is 12.1 Å². The fraction of sp³-hybridized carbons (Fsp3) is 0.133. The largest absolute Gasteiger partial charge is 0.497 e. The second-order valence-corrected chi connectivity index (χ2v) is 4.19. The minimum atomic E-state index is -1.04. The van der Waals surface area contributed by atoms with Gasteiger partial charge in [-0.3, -0.25) is 4.79 Å². The van der Waals surface area contributed by atoms with Gasteiger partial charge < -0.3 is 9.64 Å². The summed E-state index contributed by atoms with van der Waals surface area (Å²) in [5, 5.41) is 0. The van der Waals surface area contributed by atoms with Crippen LogP contribution in [0.1, 0.15) is 10.4 Å². The van der Waals surface area contributed by atoms with Gasteiger partial charge in [0.05, 0.1) is 7.11 Å². The van der Waals surface area contributed by atoms with E-state index in [9.17, 15) is 13.6 Å². The molecule has 104 valence electrons. The smallest absolute Gasteiger partial charge is 0.258 e. The second-order valence-electron chi connectivity index (χ2n) is 4.19.